The number of amides is 1. The van der Waals surface area contributed by atoms with Crippen LogP contribution in [-0.4, -0.2) is 17.0 Å². The number of thiophene rings is 1. The van der Waals surface area contributed by atoms with Gasteiger partial charge in [-0.3, -0.25) is 4.79 Å². The number of rotatable bonds is 3. The Balaban J connectivity index is 2.28. The average molecular weight is 368 g/mol. The number of carbonyl (C=O) groups excluding carboxylic acids is 1. The molecular weight excluding hydrogens is 354 g/mol. The number of aryl methyl sites for hydroxylation is 2. The van der Waals surface area contributed by atoms with E-state index in [9.17, 15) is 4.79 Å². The van der Waals surface area contributed by atoms with Crippen molar-refractivity contribution < 1.29 is 10.0 Å². The van der Waals surface area contributed by atoms with Gasteiger partial charge in [0.25, 0.3) is 5.91 Å². The number of hydrogen-bond donors (Lipinski definition) is 3. The highest BCUT2D eigenvalue weighted by atomic mass is 79.9. The minimum absolute atomic E-state index is 0.000196. The van der Waals surface area contributed by atoms with Gasteiger partial charge in [-0.15, -0.1) is 11.3 Å². The lowest BCUT2D eigenvalue weighted by molar-refractivity contribution is 0.103. The first-order chi connectivity index (χ1) is 9.92. The van der Waals surface area contributed by atoms with Crippen molar-refractivity contribution in [1.82, 2.24) is 0 Å². The van der Waals surface area contributed by atoms with Gasteiger partial charge in [-0.05, 0) is 53.0 Å². The first-order valence-electron chi connectivity index (χ1n) is 6.08. The van der Waals surface area contributed by atoms with Gasteiger partial charge < -0.3 is 16.3 Å². The van der Waals surface area contributed by atoms with Crippen molar-refractivity contribution in [3.63, 3.8) is 0 Å². The zero-order chi connectivity index (χ0) is 15.6. The van der Waals surface area contributed by atoms with Gasteiger partial charge in [0.2, 0.25) is 0 Å². The van der Waals surface area contributed by atoms with E-state index in [2.05, 4.69) is 26.4 Å². The molecule has 0 radical (unpaired) electrons. The third kappa shape index (κ3) is 3.43. The van der Waals surface area contributed by atoms with Crippen LogP contribution < -0.4 is 11.1 Å². The predicted molar refractivity (Wildman–Crippen MR) is 88.4 cm³/mol. The summed E-state index contributed by atoms with van der Waals surface area (Å²) in [7, 11) is 0. The number of hydrogen-bond acceptors (Lipinski definition) is 4. The van der Waals surface area contributed by atoms with Crippen LogP contribution in [0, 0.1) is 13.8 Å². The number of anilines is 1. The van der Waals surface area contributed by atoms with Crippen molar-refractivity contribution in [1.29, 1.82) is 0 Å². The van der Waals surface area contributed by atoms with Crippen molar-refractivity contribution in [2.45, 2.75) is 13.8 Å². The van der Waals surface area contributed by atoms with Gasteiger partial charge in [-0.2, -0.15) is 0 Å². The smallest absolute Gasteiger partial charge is 0.265 e. The van der Waals surface area contributed by atoms with E-state index in [0.29, 0.717) is 16.1 Å². The summed E-state index contributed by atoms with van der Waals surface area (Å²) in [6, 6.07) is 7.04. The van der Waals surface area contributed by atoms with E-state index in [0.717, 1.165) is 14.9 Å². The topological polar surface area (TPSA) is 87.7 Å². The summed E-state index contributed by atoms with van der Waals surface area (Å²) < 4.78 is 0.940. The Bertz CT molecular complexity index is 706. The minimum atomic E-state index is -0.187. The molecule has 0 spiro atoms. The second-order valence-corrected chi connectivity index (χ2v) is 6.91. The SMILES string of the molecule is Cc1ccc(/C(N)=N/O)cc1NC(=O)c1cc(C)c(Br)s1. The summed E-state index contributed by atoms with van der Waals surface area (Å²) in [4.78, 5) is 12.9. The van der Waals surface area contributed by atoms with Gasteiger partial charge in [0.15, 0.2) is 5.84 Å². The predicted octanol–water partition coefficient (Wildman–Crippen LogP) is 3.47. The van der Waals surface area contributed by atoms with E-state index < -0.39 is 0 Å². The highest BCUT2D eigenvalue weighted by Gasteiger charge is 2.13. The molecule has 0 saturated carbocycles. The third-order valence-corrected chi connectivity index (χ3v) is 5.11. The van der Waals surface area contributed by atoms with Crippen LogP contribution in [0.3, 0.4) is 0 Å². The molecule has 0 aliphatic rings. The molecule has 0 fully saturated rings. The van der Waals surface area contributed by atoms with E-state index in [4.69, 9.17) is 10.9 Å². The van der Waals surface area contributed by atoms with Gasteiger partial charge in [0.1, 0.15) is 0 Å². The van der Waals surface area contributed by atoms with E-state index >= 15 is 0 Å². The van der Waals surface area contributed by atoms with Crippen LogP contribution in [0.2, 0.25) is 0 Å². The zero-order valence-corrected chi connectivity index (χ0v) is 13.9. The third-order valence-electron chi connectivity index (χ3n) is 2.97. The summed E-state index contributed by atoms with van der Waals surface area (Å²) in [5.41, 5.74) is 8.65. The fraction of sp³-hybridized carbons (Fsp3) is 0.143. The normalized spacial score (nSPS) is 11.5. The fourth-order valence-electron chi connectivity index (χ4n) is 1.73. The maximum atomic E-state index is 12.3. The lowest BCUT2D eigenvalue weighted by atomic mass is 10.1. The molecule has 1 heterocycles. The molecule has 2 aromatic rings. The molecule has 0 aliphatic carbocycles. The maximum absolute atomic E-state index is 12.3. The molecule has 0 unspecified atom stereocenters. The largest absolute Gasteiger partial charge is 0.409 e. The van der Waals surface area contributed by atoms with E-state index in [1.165, 1.54) is 11.3 Å². The van der Waals surface area contributed by atoms with Crippen LogP contribution in [0.4, 0.5) is 5.69 Å². The molecule has 1 aromatic carbocycles. The Labute approximate surface area is 134 Å². The molecule has 7 heteroatoms. The first-order valence-corrected chi connectivity index (χ1v) is 7.69. The Morgan fingerprint density at radius 1 is 1.33 bits per heavy atom. The van der Waals surface area contributed by atoms with Gasteiger partial charge >= 0.3 is 0 Å². The molecular formula is C14H14BrN3O2S. The molecule has 2 rings (SSSR count). The number of nitrogens with one attached hydrogen (secondary N) is 1. The van der Waals surface area contributed by atoms with Crippen LogP contribution >= 0.6 is 27.3 Å². The van der Waals surface area contributed by atoms with Crippen molar-refractivity contribution in [2.24, 2.45) is 10.9 Å². The summed E-state index contributed by atoms with van der Waals surface area (Å²) in [6.45, 7) is 3.81. The Morgan fingerprint density at radius 2 is 2.05 bits per heavy atom. The van der Waals surface area contributed by atoms with Gasteiger partial charge in [0.05, 0.1) is 8.66 Å². The summed E-state index contributed by atoms with van der Waals surface area (Å²) >= 11 is 4.78. The zero-order valence-electron chi connectivity index (χ0n) is 11.5. The molecule has 0 aliphatic heterocycles. The van der Waals surface area contributed by atoms with Crippen molar-refractivity contribution in [3.05, 3.63) is 49.6 Å². The summed E-state index contributed by atoms with van der Waals surface area (Å²) in [6.07, 6.45) is 0. The Kier molecular flexibility index (Phi) is 4.64. The Morgan fingerprint density at radius 3 is 2.62 bits per heavy atom. The molecule has 1 aromatic heterocycles. The summed E-state index contributed by atoms with van der Waals surface area (Å²) in [5.74, 6) is -0.186. The molecule has 0 atom stereocenters. The van der Waals surface area contributed by atoms with Gasteiger partial charge in [-0.25, -0.2) is 0 Å². The summed E-state index contributed by atoms with van der Waals surface area (Å²) in [5, 5.41) is 14.5. The van der Waals surface area contributed by atoms with E-state index in [-0.39, 0.29) is 11.7 Å². The molecule has 4 N–H and O–H groups in total. The monoisotopic (exact) mass is 367 g/mol. The van der Waals surface area contributed by atoms with Crippen LogP contribution in [0.15, 0.2) is 33.2 Å². The molecule has 0 bridgehead atoms. The second kappa shape index (κ2) is 6.28. The molecule has 21 heavy (non-hydrogen) atoms. The van der Waals surface area contributed by atoms with Crippen LogP contribution in [0.25, 0.3) is 0 Å². The van der Waals surface area contributed by atoms with Gasteiger partial charge in [-0.1, -0.05) is 17.3 Å². The number of oxime groups is 1. The number of nitrogens with two attached hydrogens (primary N) is 1. The van der Waals surface area contributed by atoms with Crippen LogP contribution in [0.1, 0.15) is 26.4 Å². The van der Waals surface area contributed by atoms with E-state index in [1.54, 1.807) is 18.2 Å². The lowest BCUT2D eigenvalue weighted by Gasteiger charge is -2.09. The minimum Gasteiger partial charge on any atom is -0.409 e. The highest BCUT2D eigenvalue weighted by molar-refractivity contribution is 9.11. The fourth-order valence-corrected chi connectivity index (χ4v) is 3.16. The quantitative estimate of drug-likeness (QED) is 0.336. The Hall–Kier alpha value is -1.86. The maximum Gasteiger partial charge on any atom is 0.265 e. The van der Waals surface area contributed by atoms with Crippen molar-refractivity contribution in [3.8, 4) is 0 Å². The number of benzene rings is 1. The first kappa shape index (κ1) is 15.5. The molecule has 0 saturated heterocycles. The van der Waals surface area contributed by atoms with E-state index in [1.807, 2.05) is 19.9 Å². The standard InChI is InChI=1S/C14H14BrN3O2S/c1-7-3-4-9(13(16)18-20)6-10(7)17-14(19)11-5-8(2)12(15)21-11/h3-6,20H,1-2H3,(H2,16,18)(H,17,19). The number of halogens is 1. The number of amidine groups is 1. The van der Waals surface area contributed by atoms with Crippen LogP contribution in [0.5, 0.6) is 0 Å². The number of nitrogens with zero attached hydrogens (tertiary/aromatic N) is 1. The lowest BCUT2D eigenvalue weighted by Crippen LogP contribution is -2.15. The number of carbonyl (C=O) groups is 1. The molecule has 110 valence electrons. The second-order valence-electron chi connectivity index (χ2n) is 4.54. The molecule has 1 amide bonds. The molecule has 5 nitrogen and oxygen atoms in total. The van der Waals surface area contributed by atoms with Crippen molar-refractivity contribution in [2.75, 3.05) is 5.32 Å². The van der Waals surface area contributed by atoms with Crippen LogP contribution in [-0.2, 0) is 0 Å². The average Bonchev–Trinajstić information content (AvgIpc) is 2.80. The van der Waals surface area contributed by atoms with Gasteiger partial charge in [0, 0.05) is 11.3 Å². The van der Waals surface area contributed by atoms with Crippen molar-refractivity contribution >= 4 is 44.7 Å². The highest BCUT2D eigenvalue weighted by Crippen LogP contribution is 2.28.